The molecule has 9 heteroatoms. The summed E-state index contributed by atoms with van der Waals surface area (Å²) in [5.74, 6) is -0.409. The van der Waals surface area contributed by atoms with E-state index in [0.717, 1.165) is 22.7 Å². The highest BCUT2D eigenvalue weighted by atomic mass is 79.9. The predicted molar refractivity (Wildman–Crippen MR) is 140 cm³/mol. The second-order valence-electron chi connectivity index (χ2n) is 8.42. The van der Waals surface area contributed by atoms with Crippen LogP contribution in [0.2, 0.25) is 0 Å². The molecule has 0 bridgehead atoms. The number of sulfonamides is 1. The van der Waals surface area contributed by atoms with Crippen LogP contribution in [0.1, 0.15) is 45.6 Å². The predicted octanol–water partition coefficient (Wildman–Crippen LogP) is 4.33. The summed E-state index contributed by atoms with van der Waals surface area (Å²) in [6, 6.07) is 15.8. The fourth-order valence-corrected chi connectivity index (χ4v) is 4.89. The summed E-state index contributed by atoms with van der Waals surface area (Å²) >= 11 is 3.45. The van der Waals surface area contributed by atoms with Crippen LogP contribution < -0.4 is 9.62 Å². The second kappa shape index (κ2) is 12.9. The number of benzene rings is 2. The van der Waals surface area contributed by atoms with E-state index in [2.05, 4.69) is 21.2 Å². The maximum absolute atomic E-state index is 13.3. The second-order valence-corrected chi connectivity index (χ2v) is 11.2. The Balaban J connectivity index is 2.15. The Kier molecular flexibility index (Phi) is 10.6. The van der Waals surface area contributed by atoms with Gasteiger partial charge in [-0.05, 0) is 56.5 Å². The van der Waals surface area contributed by atoms with E-state index in [0.29, 0.717) is 12.1 Å². The van der Waals surface area contributed by atoms with Crippen LogP contribution in [0.3, 0.4) is 0 Å². The van der Waals surface area contributed by atoms with Gasteiger partial charge in [-0.1, -0.05) is 53.2 Å². The molecule has 2 atom stereocenters. The van der Waals surface area contributed by atoms with Crippen molar-refractivity contribution in [1.82, 2.24) is 10.2 Å². The highest BCUT2D eigenvalue weighted by Gasteiger charge is 2.27. The first kappa shape index (κ1) is 27.9. The molecular formula is C25H34BrN3O4S. The average molecular weight is 553 g/mol. The minimum atomic E-state index is -3.50. The van der Waals surface area contributed by atoms with E-state index in [-0.39, 0.29) is 37.4 Å². The molecule has 0 radical (unpaired) electrons. The third kappa shape index (κ3) is 8.43. The molecule has 0 unspecified atom stereocenters. The summed E-state index contributed by atoms with van der Waals surface area (Å²) in [5, 5.41) is 2.95. The molecular weight excluding hydrogens is 518 g/mol. The van der Waals surface area contributed by atoms with Gasteiger partial charge in [-0.15, -0.1) is 0 Å². The highest BCUT2D eigenvalue weighted by molar-refractivity contribution is 9.10. The van der Waals surface area contributed by atoms with E-state index < -0.39 is 16.1 Å². The Hall–Kier alpha value is -2.39. The van der Waals surface area contributed by atoms with Gasteiger partial charge in [0, 0.05) is 30.0 Å². The fourth-order valence-electron chi connectivity index (χ4n) is 3.48. The smallest absolute Gasteiger partial charge is 0.242 e. The van der Waals surface area contributed by atoms with Crippen molar-refractivity contribution in [2.45, 2.75) is 58.7 Å². The number of amides is 2. The SMILES string of the molecule is CC[C@@H](C)NC(=O)[C@@H](C)N(Cc1cccc(Br)c1)C(=O)CCCN(c1ccccc1)S(C)(=O)=O. The van der Waals surface area contributed by atoms with Crippen molar-refractivity contribution in [3.05, 3.63) is 64.6 Å². The minimum absolute atomic E-state index is 0.00645. The first-order valence-corrected chi connectivity index (χ1v) is 14.0. The van der Waals surface area contributed by atoms with Gasteiger partial charge in [-0.25, -0.2) is 8.42 Å². The van der Waals surface area contributed by atoms with E-state index in [1.165, 1.54) is 4.31 Å². The quantitative estimate of drug-likeness (QED) is 0.425. The molecule has 2 aromatic carbocycles. The van der Waals surface area contributed by atoms with E-state index in [1.807, 2.05) is 44.2 Å². The maximum atomic E-state index is 13.3. The molecule has 7 nitrogen and oxygen atoms in total. The first-order valence-electron chi connectivity index (χ1n) is 11.4. The lowest BCUT2D eigenvalue weighted by molar-refractivity contribution is -0.140. The molecule has 0 fully saturated rings. The Morgan fingerprint density at radius 2 is 1.74 bits per heavy atom. The Bertz CT molecular complexity index is 1060. The maximum Gasteiger partial charge on any atom is 0.242 e. The summed E-state index contributed by atoms with van der Waals surface area (Å²) in [4.78, 5) is 27.6. The van der Waals surface area contributed by atoms with Crippen LogP contribution in [0.25, 0.3) is 0 Å². The normalized spacial score (nSPS) is 13.1. The summed E-state index contributed by atoms with van der Waals surface area (Å²) in [5.41, 5.74) is 1.46. The molecule has 0 aromatic heterocycles. The lowest BCUT2D eigenvalue weighted by atomic mass is 10.1. The van der Waals surface area contributed by atoms with Gasteiger partial charge in [0.2, 0.25) is 21.8 Å². The van der Waals surface area contributed by atoms with Gasteiger partial charge in [0.25, 0.3) is 0 Å². The Morgan fingerprint density at radius 1 is 1.06 bits per heavy atom. The molecule has 2 amide bonds. The molecule has 2 rings (SSSR count). The number of hydrogen-bond acceptors (Lipinski definition) is 4. The number of halogens is 1. The van der Waals surface area contributed by atoms with Gasteiger partial charge in [0.15, 0.2) is 0 Å². The minimum Gasteiger partial charge on any atom is -0.352 e. The topological polar surface area (TPSA) is 86.8 Å². The van der Waals surface area contributed by atoms with Crippen LogP contribution >= 0.6 is 15.9 Å². The first-order chi connectivity index (χ1) is 16.0. The van der Waals surface area contributed by atoms with Crippen molar-refractivity contribution < 1.29 is 18.0 Å². The van der Waals surface area contributed by atoms with Crippen molar-refractivity contribution in [2.75, 3.05) is 17.1 Å². The standard InChI is InChI=1S/C25H34BrN3O4S/c1-5-19(2)27-25(31)20(3)28(18-21-11-9-12-22(26)17-21)24(30)15-10-16-29(34(4,32)33)23-13-7-6-8-14-23/h6-9,11-14,17,19-20H,5,10,15-16,18H2,1-4H3,(H,27,31)/t19-,20-/m1/s1. The van der Waals surface area contributed by atoms with E-state index in [1.54, 1.807) is 36.1 Å². The zero-order valence-corrected chi connectivity index (χ0v) is 22.6. The summed E-state index contributed by atoms with van der Waals surface area (Å²) in [6.07, 6.45) is 2.39. The van der Waals surface area contributed by atoms with E-state index >= 15 is 0 Å². The highest BCUT2D eigenvalue weighted by Crippen LogP contribution is 2.19. The molecule has 186 valence electrons. The van der Waals surface area contributed by atoms with Crippen molar-refractivity contribution in [3.8, 4) is 0 Å². The summed E-state index contributed by atoms with van der Waals surface area (Å²) in [6.45, 7) is 6.09. The number of carbonyl (C=O) groups is 2. The van der Waals surface area contributed by atoms with Crippen LogP contribution in [-0.4, -0.2) is 50.0 Å². The van der Waals surface area contributed by atoms with E-state index in [4.69, 9.17) is 0 Å². The average Bonchev–Trinajstić information content (AvgIpc) is 2.79. The number of nitrogens with zero attached hydrogens (tertiary/aromatic N) is 2. The summed E-state index contributed by atoms with van der Waals surface area (Å²) in [7, 11) is -3.50. The number of para-hydroxylation sites is 1. The van der Waals surface area contributed by atoms with Crippen LogP contribution in [0, 0.1) is 0 Å². The number of anilines is 1. The zero-order valence-electron chi connectivity index (χ0n) is 20.2. The molecule has 0 saturated heterocycles. The van der Waals surface area contributed by atoms with Gasteiger partial charge in [0.05, 0.1) is 11.9 Å². The zero-order chi connectivity index (χ0) is 25.3. The monoisotopic (exact) mass is 551 g/mol. The molecule has 0 aliphatic rings. The molecule has 34 heavy (non-hydrogen) atoms. The number of rotatable bonds is 12. The van der Waals surface area contributed by atoms with Crippen molar-refractivity contribution in [3.63, 3.8) is 0 Å². The molecule has 0 aliphatic carbocycles. The van der Waals surface area contributed by atoms with E-state index in [9.17, 15) is 18.0 Å². The Morgan fingerprint density at radius 3 is 2.32 bits per heavy atom. The molecule has 2 aromatic rings. The van der Waals surface area contributed by atoms with Crippen LogP contribution in [0.15, 0.2) is 59.1 Å². The van der Waals surface area contributed by atoms with Gasteiger partial charge in [0.1, 0.15) is 6.04 Å². The largest absolute Gasteiger partial charge is 0.352 e. The summed E-state index contributed by atoms with van der Waals surface area (Å²) < 4.78 is 26.8. The van der Waals surface area contributed by atoms with Gasteiger partial charge < -0.3 is 10.2 Å². The third-order valence-electron chi connectivity index (χ3n) is 5.61. The lowest BCUT2D eigenvalue weighted by Gasteiger charge is -2.30. The van der Waals surface area contributed by atoms with Crippen molar-refractivity contribution in [2.24, 2.45) is 0 Å². The van der Waals surface area contributed by atoms with Crippen LogP contribution in [-0.2, 0) is 26.2 Å². The molecule has 0 aliphatic heterocycles. The van der Waals surface area contributed by atoms with Crippen LogP contribution in [0.5, 0.6) is 0 Å². The molecule has 1 N–H and O–H groups in total. The molecule has 0 saturated carbocycles. The molecule has 0 heterocycles. The van der Waals surface area contributed by atoms with Crippen molar-refractivity contribution >= 4 is 43.5 Å². The Labute approximate surface area is 211 Å². The van der Waals surface area contributed by atoms with Crippen LogP contribution in [0.4, 0.5) is 5.69 Å². The third-order valence-corrected chi connectivity index (χ3v) is 7.29. The number of hydrogen-bond donors (Lipinski definition) is 1. The number of carbonyl (C=O) groups excluding carboxylic acids is 2. The number of nitrogens with one attached hydrogen (secondary N) is 1. The van der Waals surface area contributed by atoms with Gasteiger partial charge in [-0.3, -0.25) is 13.9 Å². The lowest BCUT2D eigenvalue weighted by Crippen LogP contribution is -2.49. The van der Waals surface area contributed by atoms with Gasteiger partial charge >= 0.3 is 0 Å². The molecule has 0 spiro atoms. The van der Waals surface area contributed by atoms with Crippen molar-refractivity contribution in [1.29, 1.82) is 0 Å². The van der Waals surface area contributed by atoms with Gasteiger partial charge in [-0.2, -0.15) is 0 Å². The fraction of sp³-hybridized carbons (Fsp3) is 0.440.